The highest BCUT2D eigenvalue weighted by molar-refractivity contribution is 6.31. The van der Waals surface area contributed by atoms with Crippen molar-refractivity contribution >= 4 is 22.5 Å². The number of piperidine rings is 1. The Morgan fingerprint density at radius 1 is 1.35 bits per heavy atom. The molecule has 0 radical (unpaired) electrons. The predicted octanol–water partition coefficient (Wildman–Crippen LogP) is 3.40. The molecule has 2 aromatic rings. The van der Waals surface area contributed by atoms with E-state index >= 15 is 0 Å². The van der Waals surface area contributed by atoms with Crippen molar-refractivity contribution in [3.8, 4) is 0 Å². The van der Waals surface area contributed by atoms with Crippen molar-refractivity contribution in [2.75, 3.05) is 20.1 Å². The summed E-state index contributed by atoms with van der Waals surface area (Å²) in [5.41, 5.74) is 2.80. The first-order valence-electron chi connectivity index (χ1n) is 7.26. The van der Waals surface area contributed by atoms with Gasteiger partial charge in [-0.05, 0) is 44.5 Å². The van der Waals surface area contributed by atoms with Crippen LogP contribution < -0.4 is 5.32 Å². The number of nitrogens with one attached hydrogen (secondary N) is 2. The Bertz CT molecular complexity index is 597. The van der Waals surface area contributed by atoms with Crippen LogP contribution in [0.3, 0.4) is 0 Å². The molecule has 0 saturated carbocycles. The molecule has 108 valence electrons. The molecular weight excluding hydrogens is 270 g/mol. The maximum absolute atomic E-state index is 6.03. The smallest absolute Gasteiger partial charge is 0.0472 e. The van der Waals surface area contributed by atoms with E-state index in [2.05, 4.69) is 41.4 Å². The molecule has 1 aromatic carbocycles. The zero-order valence-corrected chi connectivity index (χ0v) is 12.9. The van der Waals surface area contributed by atoms with E-state index in [1.165, 1.54) is 23.8 Å². The number of halogens is 1. The number of rotatable bonds is 3. The summed E-state index contributed by atoms with van der Waals surface area (Å²) < 4.78 is 0. The molecule has 1 saturated heterocycles. The number of H-pyrrole nitrogens is 1. The van der Waals surface area contributed by atoms with Crippen molar-refractivity contribution in [2.45, 2.75) is 31.8 Å². The summed E-state index contributed by atoms with van der Waals surface area (Å²) in [6.07, 6.45) is 4.53. The minimum atomic E-state index is 0.310. The van der Waals surface area contributed by atoms with Crippen LogP contribution in [0.25, 0.3) is 10.9 Å². The first-order chi connectivity index (χ1) is 9.59. The minimum absolute atomic E-state index is 0.310. The standard InChI is InChI=1S/C16H22ClN3/c1-16(18-2)5-7-20(8-6-16)11-12-10-19-15-9-13(17)3-4-14(12)15/h3-4,9-10,18-19H,5-8,11H2,1-2H3. The van der Waals surface area contributed by atoms with Gasteiger partial charge in [-0.2, -0.15) is 0 Å². The van der Waals surface area contributed by atoms with E-state index in [1.807, 2.05) is 12.1 Å². The first-order valence-corrected chi connectivity index (χ1v) is 7.64. The lowest BCUT2D eigenvalue weighted by Crippen LogP contribution is -2.49. The summed E-state index contributed by atoms with van der Waals surface area (Å²) in [4.78, 5) is 5.86. The SMILES string of the molecule is CNC1(C)CCN(Cc2c[nH]c3cc(Cl)ccc23)CC1. The number of likely N-dealkylation sites (tertiary alicyclic amines) is 1. The van der Waals surface area contributed by atoms with E-state index in [0.717, 1.165) is 30.2 Å². The van der Waals surface area contributed by atoms with Crippen molar-refractivity contribution in [2.24, 2.45) is 0 Å². The number of hydrogen-bond donors (Lipinski definition) is 2. The highest BCUT2D eigenvalue weighted by Crippen LogP contribution is 2.26. The van der Waals surface area contributed by atoms with Crippen LogP contribution in [0.2, 0.25) is 5.02 Å². The third-order valence-corrected chi connectivity index (χ3v) is 4.92. The largest absolute Gasteiger partial charge is 0.361 e. The van der Waals surface area contributed by atoms with Gasteiger partial charge >= 0.3 is 0 Å². The van der Waals surface area contributed by atoms with Gasteiger partial charge < -0.3 is 10.3 Å². The van der Waals surface area contributed by atoms with Gasteiger partial charge in [-0.25, -0.2) is 0 Å². The number of hydrogen-bond acceptors (Lipinski definition) is 2. The monoisotopic (exact) mass is 291 g/mol. The van der Waals surface area contributed by atoms with Crippen LogP contribution in [0.15, 0.2) is 24.4 Å². The minimum Gasteiger partial charge on any atom is -0.361 e. The van der Waals surface area contributed by atoms with Crippen molar-refractivity contribution in [1.82, 2.24) is 15.2 Å². The number of nitrogens with zero attached hydrogens (tertiary/aromatic N) is 1. The Labute approximate surface area is 125 Å². The molecule has 20 heavy (non-hydrogen) atoms. The zero-order chi connectivity index (χ0) is 14.2. The second kappa shape index (κ2) is 5.40. The molecule has 0 aliphatic carbocycles. The quantitative estimate of drug-likeness (QED) is 0.908. The van der Waals surface area contributed by atoms with Crippen LogP contribution in [0.1, 0.15) is 25.3 Å². The zero-order valence-electron chi connectivity index (χ0n) is 12.2. The van der Waals surface area contributed by atoms with Crippen molar-refractivity contribution < 1.29 is 0 Å². The fourth-order valence-corrected chi connectivity index (χ4v) is 3.16. The lowest BCUT2D eigenvalue weighted by atomic mass is 9.90. The maximum Gasteiger partial charge on any atom is 0.0472 e. The van der Waals surface area contributed by atoms with Gasteiger partial charge in [0, 0.05) is 47.3 Å². The molecule has 1 aromatic heterocycles. The van der Waals surface area contributed by atoms with Crippen LogP contribution >= 0.6 is 11.6 Å². The van der Waals surface area contributed by atoms with Gasteiger partial charge in [0.1, 0.15) is 0 Å². The summed E-state index contributed by atoms with van der Waals surface area (Å²) in [5, 5.41) is 5.52. The summed E-state index contributed by atoms with van der Waals surface area (Å²) in [6, 6.07) is 6.08. The molecule has 4 heteroatoms. The molecule has 0 bridgehead atoms. The first kappa shape index (κ1) is 13.9. The lowest BCUT2D eigenvalue weighted by molar-refractivity contribution is 0.147. The van der Waals surface area contributed by atoms with Gasteiger partial charge in [0.2, 0.25) is 0 Å². The highest BCUT2D eigenvalue weighted by Gasteiger charge is 2.28. The van der Waals surface area contributed by atoms with Crippen LogP contribution in [0.4, 0.5) is 0 Å². The fraction of sp³-hybridized carbons (Fsp3) is 0.500. The second-order valence-corrected chi connectivity index (χ2v) is 6.53. The van der Waals surface area contributed by atoms with Crippen LogP contribution in [-0.4, -0.2) is 35.6 Å². The van der Waals surface area contributed by atoms with Crippen molar-refractivity contribution in [3.63, 3.8) is 0 Å². The highest BCUT2D eigenvalue weighted by atomic mass is 35.5. The van der Waals surface area contributed by atoms with E-state index in [9.17, 15) is 0 Å². The molecule has 2 N–H and O–H groups in total. The van der Waals surface area contributed by atoms with Gasteiger partial charge in [-0.15, -0.1) is 0 Å². The Hall–Kier alpha value is -1.03. The molecule has 1 aliphatic heterocycles. The number of aromatic amines is 1. The number of aromatic nitrogens is 1. The molecule has 3 nitrogen and oxygen atoms in total. The Morgan fingerprint density at radius 2 is 2.10 bits per heavy atom. The summed E-state index contributed by atoms with van der Waals surface area (Å²) in [7, 11) is 2.07. The molecule has 0 amide bonds. The summed E-state index contributed by atoms with van der Waals surface area (Å²) >= 11 is 6.03. The van der Waals surface area contributed by atoms with Gasteiger partial charge in [-0.1, -0.05) is 17.7 Å². The summed E-state index contributed by atoms with van der Waals surface area (Å²) in [6.45, 7) is 5.63. The molecule has 2 heterocycles. The molecule has 0 spiro atoms. The van der Waals surface area contributed by atoms with E-state index in [4.69, 9.17) is 11.6 Å². The van der Waals surface area contributed by atoms with Crippen molar-refractivity contribution in [3.05, 3.63) is 35.0 Å². The Morgan fingerprint density at radius 3 is 2.80 bits per heavy atom. The topological polar surface area (TPSA) is 31.1 Å². The number of benzene rings is 1. The Kier molecular flexibility index (Phi) is 3.76. The van der Waals surface area contributed by atoms with Gasteiger partial charge in [0.05, 0.1) is 0 Å². The summed E-state index contributed by atoms with van der Waals surface area (Å²) in [5.74, 6) is 0. The van der Waals surface area contributed by atoms with E-state index in [0.29, 0.717) is 5.54 Å². The molecule has 3 rings (SSSR count). The van der Waals surface area contributed by atoms with Gasteiger partial charge in [-0.3, -0.25) is 4.90 Å². The molecule has 1 aliphatic rings. The number of fused-ring (bicyclic) bond motifs is 1. The third kappa shape index (κ3) is 2.71. The van der Waals surface area contributed by atoms with E-state index in [1.54, 1.807) is 0 Å². The van der Waals surface area contributed by atoms with E-state index in [-0.39, 0.29) is 0 Å². The molecule has 0 atom stereocenters. The van der Waals surface area contributed by atoms with Crippen LogP contribution in [0.5, 0.6) is 0 Å². The van der Waals surface area contributed by atoms with Crippen LogP contribution in [0, 0.1) is 0 Å². The second-order valence-electron chi connectivity index (χ2n) is 6.09. The van der Waals surface area contributed by atoms with Gasteiger partial charge in [0.25, 0.3) is 0 Å². The van der Waals surface area contributed by atoms with Crippen LogP contribution in [-0.2, 0) is 6.54 Å². The Balaban J connectivity index is 1.72. The van der Waals surface area contributed by atoms with Gasteiger partial charge in [0.15, 0.2) is 0 Å². The maximum atomic E-state index is 6.03. The normalized spacial score (nSPS) is 19.6. The predicted molar refractivity (Wildman–Crippen MR) is 85.3 cm³/mol. The average Bonchev–Trinajstić information content (AvgIpc) is 2.84. The van der Waals surface area contributed by atoms with Crippen molar-refractivity contribution in [1.29, 1.82) is 0 Å². The molecular formula is C16H22ClN3. The molecule has 1 fully saturated rings. The lowest BCUT2D eigenvalue weighted by Gasteiger charge is -2.39. The third-order valence-electron chi connectivity index (χ3n) is 4.69. The fourth-order valence-electron chi connectivity index (χ4n) is 2.98. The average molecular weight is 292 g/mol. The van der Waals surface area contributed by atoms with E-state index < -0.39 is 0 Å². The molecule has 0 unspecified atom stereocenters.